The Morgan fingerprint density at radius 1 is 1.46 bits per heavy atom. The fourth-order valence-electron chi connectivity index (χ4n) is 3.18. The summed E-state index contributed by atoms with van der Waals surface area (Å²) in [4.78, 5) is 20.4. The summed E-state index contributed by atoms with van der Waals surface area (Å²) in [5, 5.41) is 11.8. The monoisotopic (exact) mass is 348 g/mol. The number of carbonyl (C=O) groups excluding carboxylic acids is 1. The Bertz CT molecular complexity index is 709. The number of hydrogen-bond acceptors (Lipinski definition) is 5. The summed E-state index contributed by atoms with van der Waals surface area (Å²) in [6.45, 7) is 5.01. The number of thiazole rings is 1. The minimum Gasteiger partial charge on any atom is -0.319 e. The number of carbonyl (C=O) groups is 1. The summed E-state index contributed by atoms with van der Waals surface area (Å²) in [5.41, 5.74) is 1.12. The average Bonchev–Trinajstić information content (AvgIpc) is 3.26. The summed E-state index contributed by atoms with van der Waals surface area (Å²) in [6.07, 6.45) is 6.54. The van der Waals surface area contributed by atoms with Crippen LogP contribution < -0.4 is 5.32 Å². The number of rotatable bonds is 5. The van der Waals surface area contributed by atoms with E-state index in [4.69, 9.17) is 0 Å². The van der Waals surface area contributed by atoms with Crippen LogP contribution in [0.1, 0.15) is 55.5 Å². The first-order chi connectivity index (χ1) is 11.6. The van der Waals surface area contributed by atoms with Gasteiger partial charge in [0.1, 0.15) is 6.33 Å². The van der Waals surface area contributed by atoms with Crippen LogP contribution in [0.3, 0.4) is 0 Å². The largest absolute Gasteiger partial charge is 0.324 e. The summed E-state index contributed by atoms with van der Waals surface area (Å²) in [7, 11) is 1.91. The molecule has 0 aliphatic carbocycles. The van der Waals surface area contributed by atoms with E-state index in [-0.39, 0.29) is 12.1 Å². The van der Waals surface area contributed by atoms with Crippen LogP contribution in [0.25, 0.3) is 0 Å². The van der Waals surface area contributed by atoms with Crippen molar-refractivity contribution in [3.63, 3.8) is 0 Å². The maximum absolute atomic E-state index is 12.7. The molecule has 2 aromatic rings. The minimum absolute atomic E-state index is 0.0155. The van der Waals surface area contributed by atoms with Gasteiger partial charge in [-0.05, 0) is 25.7 Å². The van der Waals surface area contributed by atoms with Crippen molar-refractivity contribution >= 4 is 22.5 Å². The SMILES string of the molecule is CCCc1nc(NC(=O)N2CCC[C@H]2c2nncn2C)sc1CC. The lowest BCUT2D eigenvalue weighted by Crippen LogP contribution is -2.35. The van der Waals surface area contributed by atoms with Crippen molar-refractivity contribution in [3.8, 4) is 0 Å². The molecule has 24 heavy (non-hydrogen) atoms. The second kappa shape index (κ2) is 7.29. The highest BCUT2D eigenvalue weighted by atomic mass is 32.1. The van der Waals surface area contributed by atoms with Crippen LogP contribution >= 0.6 is 11.3 Å². The van der Waals surface area contributed by atoms with Crippen molar-refractivity contribution in [2.45, 2.75) is 52.0 Å². The van der Waals surface area contributed by atoms with Crippen molar-refractivity contribution in [2.75, 3.05) is 11.9 Å². The van der Waals surface area contributed by atoms with Crippen molar-refractivity contribution in [2.24, 2.45) is 7.05 Å². The number of nitrogens with one attached hydrogen (secondary N) is 1. The van der Waals surface area contributed by atoms with Crippen LogP contribution in [-0.2, 0) is 19.9 Å². The van der Waals surface area contributed by atoms with E-state index in [1.807, 2.05) is 16.5 Å². The van der Waals surface area contributed by atoms with Crippen molar-refractivity contribution in [1.82, 2.24) is 24.6 Å². The molecule has 1 aliphatic rings. The molecule has 1 N–H and O–H groups in total. The first-order valence-corrected chi connectivity index (χ1v) is 9.35. The van der Waals surface area contributed by atoms with Gasteiger partial charge in [-0.1, -0.05) is 20.3 Å². The smallest absolute Gasteiger partial charge is 0.319 e. The van der Waals surface area contributed by atoms with Crippen molar-refractivity contribution in [3.05, 3.63) is 22.7 Å². The number of hydrogen-bond donors (Lipinski definition) is 1. The van der Waals surface area contributed by atoms with Crippen molar-refractivity contribution in [1.29, 1.82) is 0 Å². The first kappa shape index (κ1) is 16.9. The van der Waals surface area contributed by atoms with Gasteiger partial charge in [0.15, 0.2) is 11.0 Å². The Labute approximate surface area is 146 Å². The summed E-state index contributed by atoms with van der Waals surface area (Å²) in [6, 6.07) is -0.113. The molecule has 3 heterocycles. The Hall–Kier alpha value is -1.96. The van der Waals surface area contributed by atoms with Gasteiger partial charge in [0.2, 0.25) is 0 Å². The standard InChI is InChI=1S/C16H24N6OS/c1-4-7-11-13(5-2)24-15(18-11)19-16(23)22-9-6-8-12(22)14-20-17-10-21(14)3/h10,12H,4-9H2,1-3H3,(H,18,19,23)/t12-/m0/s1. The maximum atomic E-state index is 12.7. The quantitative estimate of drug-likeness (QED) is 0.900. The Kier molecular flexibility index (Phi) is 5.13. The third-order valence-electron chi connectivity index (χ3n) is 4.36. The fraction of sp³-hybridized carbons (Fsp3) is 0.625. The lowest BCUT2D eigenvalue weighted by Gasteiger charge is -2.23. The van der Waals surface area contributed by atoms with E-state index < -0.39 is 0 Å². The number of anilines is 1. The summed E-state index contributed by atoms with van der Waals surface area (Å²) in [5.74, 6) is 0.836. The lowest BCUT2D eigenvalue weighted by atomic mass is 10.2. The van der Waals surface area contributed by atoms with E-state index in [0.717, 1.165) is 50.2 Å². The molecule has 2 amide bonds. The van der Waals surface area contributed by atoms with E-state index >= 15 is 0 Å². The zero-order valence-corrected chi connectivity index (χ0v) is 15.3. The minimum atomic E-state index is -0.0973. The van der Waals surface area contributed by atoms with Crippen LogP contribution in [0.2, 0.25) is 0 Å². The number of aromatic nitrogens is 4. The summed E-state index contributed by atoms with van der Waals surface area (Å²) >= 11 is 1.59. The second-order valence-corrected chi connectivity index (χ2v) is 7.16. The molecule has 1 saturated heterocycles. The highest BCUT2D eigenvalue weighted by Crippen LogP contribution is 2.32. The molecule has 2 aromatic heterocycles. The Morgan fingerprint density at radius 3 is 2.96 bits per heavy atom. The lowest BCUT2D eigenvalue weighted by molar-refractivity contribution is 0.204. The number of likely N-dealkylation sites (tertiary alicyclic amines) is 1. The molecule has 7 nitrogen and oxygen atoms in total. The predicted molar refractivity (Wildman–Crippen MR) is 94.2 cm³/mol. The molecule has 1 fully saturated rings. The molecule has 0 spiro atoms. The predicted octanol–water partition coefficient (Wildman–Crippen LogP) is 3.16. The average molecular weight is 348 g/mol. The van der Waals surface area contributed by atoms with Gasteiger partial charge in [0, 0.05) is 18.5 Å². The van der Waals surface area contributed by atoms with Crippen molar-refractivity contribution < 1.29 is 4.79 Å². The molecule has 0 unspecified atom stereocenters. The molecule has 0 aromatic carbocycles. The van der Waals surface area contributed by atoms with E-state index in [0.29, 0.717) is 5.13 Å². The van der Waals surface area contributed by atoms with Crippen LogP contribution in [0.15, 0.2) is 6.33 Å². The molecule has 0 bridgehead atoms. The van der Waals surface area contributed by atoms with E-state index in [1.54, 1.807) is 17.7 Å². The van der Waals surface area contributed by atoms with E-state index in [2.05, 4.69) is 34.3 Å². The van der Waals surface area contributed by atoms with Gasteiger partial charge in [0.05, 0.1) is 11.7 Å². The van der Waals surface area contributed by atoms with Crippen LogP contribution in [0.5, 0.6) is 0 Å². The van der Waals surface area contributed by atoms with Gasteiger partial charge in [-0.25, -0.2) is 9.78 Å². The summed E-state index contributed by atoms with van der Waals surface area (Å²) < 4.78 is 1.88. The van der Waals surface area contributed by atoms with Gasteiger partial charge in [0.25, 0.3) is 0 Å². The zero-order valence-electron chi connectivity index (χ0n) is 14.4. The Balaban J connectivity index is 1.73. The van der Waals surface area contributed by atoms with Gasteiger partial charge >= 0.3 is 6.03 Å². The molecular formula is C16H24N6OS. The Morgan fingerprint density at radius 2 is 2.29 bits per heavy atom. The number of amides is 2. The topological polar surface area (TPSA) is 75.9 Å². The number of nitrogens with zero attached hydrogens (tertiary/aromatic N) is 5. The van der Waals surface area contributed by atoms with Gasteiger partial charge in [-0.15, -0.1) is 21.5 Å². The molecule has 1 atom stereocenters. The molecule has 0 saturated carbocycles. The van der Waals surface area contributed by atoms with Crippen LogP contribution in [0, 0.1) is 0 Å². The molecule has 130 valence electrons. The first-order valence-electron chi connectivity index (χ1n) is 8.54. The van der Waals surface area contributed by atoms with Gasteiger partial charge in [-0.2, -0.15) is 0 Å². The fourth-order valence-corrected chi connectivity index (χ4v) is 4.12. The third kappa shape index (κ3) is 3.28. The van der Waals surface area contributed by atoms with Crippen LogP contribution in [-0.4, -0.2) is 37.2 Å². The maximum Gasteiger partial charge on any atom is 0.324 e. The van der Waals surface area contributed by atoms with Gasteiger partial charge in [-0.3, -0.25) is 5.32 Å². The zero-order chi connectivity index (χ0) is 17.1. The van der Waals surface area contributed by atoms with Gasteiger partial charge < -0.3 is 9.47 Å². The highest BCUT2D eigenvalue weighted by Gasteiger charge is 2.33. The van der Waals surface area contributed by atoms with E-state index in [9.17, 15) is 4.79 Å². The normalized spacial score (nSPS) is 17.5. The molecular weight excluding hydrogens is 324 g/mol. The number of aryl methyl sites for hydroxylation is 3. The van der Waals surface area contributed by atoms with Crippen LogP contribution in [0.4, 0.5) is 9.93 Å². The third-order valence-corrected chi connectivity index (χ3v) is 5.52. The highest BCUT2D eigenvalue weighted by molar-refractivity contribution is 7.15. The van der Waals surface area contributed by atoms with E-state index in [1.165, 1.54) is 4.88 Å². The molecule has 8 heteroatoms. The molecule has 0 radical (unpaired) electrons. The number of urea groups is 1. The molecule has 1 aliphatic heterocycles. The second-order valence-electron chi connectivity index (χ2n) is 6.07. The molecule has 3 rings (SSSR count).